The molecule has 0 aliphatic carbocycles. The van der Waals surface area contributed by atoms with Gasteiger partial charge in [0.25, 0.3) is 5.91 Å². The van der Waals surface area contributed by atoms with E-state index in [1.165, 1.54) is 31.0 Å². The van der Waals surface area contributed by atoms with E-state index >= 15 is 0 Å². The van der Waals surface area contributed by atoms with Gasteiger partial charge in [-0.15, -0.1) is 0 Å². The first-order valence-corrected chi connectivity index (χ1v) is 11.0. The molecule has 1 fully saturated rings. The monoisotopic (exact) mass is 486 g/mol. The van der Waals surface area contributed by atoms with E-state index in [1.54, 1.807) is 23.0 Å². The molecule has 162 valence electrons. The van der Waals surface area contributed by atoms with Crippen molar-refractivity contribution in [2.24, 2.45) is 7.05 Å². The average molecular weight is 487 g/mol. The number of aryl methyl sites for hydroxylation is 1. The van der Waals surface area contributed by atoms with Crippen LogP contribution in [-0.2, 0) is 7.05 Å². The van der Waals surface area contributed by atoms with Gasteiger partial charge in [0.05, 0.1) is 16.4 Å². The molecule has 6 nitrogen and oxygen atoms in total. The van der Waals surface area contributed by atoms with Crippen molar-refractivity contribution in [1.82, 2.24) is 14.7 Å². The number of likely N-dealkylation sites (tertiary alicyclic amines) is 1. The molecule has 3 aromatic rings. The van der Waals surface area contributed by atoms with Gasteiger partial charge in [0.15, 0.2) is 0 Å². The van der Waals surface area contributed by atoms with Crippen LogP contribution in [0.1, 0.15) is 23.2 Å². The highest BCUT2D eigenvalue weighted by Crippen LogP contribution is 2.36. The number of hydrogen-bond donors (Lipinski definition) is 1. The maximum Gasteiger partial charge on any atom is 0.255 e. The molecule has 31 heavy (non-hydrogen) atoms. The van der Waals surface area contributed by atoms with Gasteiger partial charge in [-0.2, -0.15) is 5.10 Å². The zero-order valence-corrected chi connectivity index (χ0v) is 18.9. The lowest BCUT2D eigenvalue weighted by Crippen LogP contribution is -2.25. The Balaban J connectivity index is 1.57. The Morgan fingerprint density at radius 3 is 2.74 bits per heavy atom. The molecule has 0 saturated carbocycles. The zero-order valence-electron chi connectivity index (χ0n) is 17.3. The van der Waals surface area contributed by atoms with Gasteiger partial charge in [-0.3, -0.25) is 14.4 Å². The van der Waals surface area contributed by atoms with E-state index < -0.39 is 5.82 Å². The Labute approximate surface area is 189 Å². The van der Waals surface area contributed by atoms with Crippen LogP contribution >= 0.6 is 15.9 Å². The predicted molar refractivity (Wildman–Crippen MR) is 122 cm³/mol. The van der Waals surface area contributed by atoms with Gasteiger partial charge in [0.1, 0.15) is 18.2 Å². The molecule has 1 aliphatic rings. The molecule has 0 spiro atoms. The summed E-state index contributed by atoms with van der Waals surface area (Å²) < 4.78 is 22.2. The molecule has 0 unspecified atom stereocenters. The number of aromatic nitrogens is 2. The molecule has 1 saturated heterocycles. The maximum absolute atomic E-state index is 13.5. The Morgan fingerprint density at radius 1 is 1.23 bits per heavy atom. The third-order valence-corrected chi connectivity index (χ3v) is 5.92. The highest BCUT2D eigenvalue weighted by atomic mass is 79.9. The van der Waals surface area contributed by atoms with E-state index in [9.17, 15) is 9.18 Å². The third kappa shape index (κ3) is 5.14. The summed E-state index contributed by atoms with van der Waals surface area (Å²) in [6.07, 6.45) is 4.21. The summed E-state index contributed by atoms with van der Waals surface area (Å²) in [6, 6.07) is 11.1. The highest BCUT2D eigenvalue weighted by molar-refractivity contribution is 9.10. The van der Waals surface area contributed by atoms with Crippen LogP contribution in [0.5, 0.6) is 5.75 Å². The van der Waals surface area contributed by atoms with Crippen LogP contribution in [0.3, 0.4) is 0 Å². The van der Waals surface area contributed by atoms with Crippen molar-refractivity contribution in [3.8, 4) is 17.0 Å². The fourth-order valence-electron chi connectivity index (χ4n) is 3.76. The van der Waals surface area contributed by atoms with E-state index in [0.717, 1.165) is 35.4 Å². The number of anilines is 1. The quantitative estimate of drug-likeness (QED) is 0.524. The Hall–Kier alpha value is -2.71. The highest BCUT2D eigenvalue weighted by Gasteiger charge is 2.17. The fourth-order valence-corrected chi connectivity index (χ4v) is 4.32. The van der Waals surface area contributed by atoms with E-state index in [1.807, 2.05) is 19.2 Å². The van der Waals surface area contributed by atoms with Crippen molar-refractivity contribution in [2.45, 2.75) is 12.8 Å². The second kappa shape index (κ2) is 9.62. The average Bonchev–Trinajstić information content (AvgIpc) is 3.38. The summed E-state index contributed by atoms with van der Waals surface area (Å²) in [5.74, 6) is -0.113. The summed E-state index contributed by atoms with van der Waals surface area (Å²) in [5.41, 5.74) is 2.50. The van der Waals surface area contributed by atoms with Crippen LogP contribution in [0.15, 0.2) is 53.1 Å². The maximum atomic E-state index is 13.5. The van der Waals surface area contributed by atoms with Gasteiger partial charge < -0.3 is 10.1 Å². The summed E-state index contributed by atoms with van der Waals surface area (Å²) in [5, 5.41) is 7.14. The normalized spacial score (nSPS) is 14.0. The van der Waals surface area contributed by atoms with Crippen LogP contribution in [0.2, 0.25) is 0 Å². The first kappa shape index (κ1) is 21.5. The number of carbonyl (C=O) groups is 1. The van der Waals surface area contributed by atoms with Crippen molar-refractivity contribution in [3.05, 3.63) is 64.5 Å². The molecule has 1 amide bonds. The molecule has 8 heteroatoms. The third-order valence-electron chi connectivity index (χ3n) is 5.34. The largest absolute Gasteiger partial charge is 0.492 e. The molecule has 1 aliphatic heterocycles. The SMILES string of the molecule is Cn1ncc(Br)c1-c1cc(NC(=O)c2cccc(F)c2)ccc1OCCN1CCCC1. The minimum absolute atomic E-state index is 0.259. The second-order valence-electron chi connectivity index (χ2n) is 7.54. The van der Waals surface area contributed by atoms with Crippen molar-refractivity contribution >= 4 is 27.5 Å². The smallest absolute Gasteiger partial charge is 0.255 e. The van der Waals surface area contributed by atoms with Crippen molar-refractivity contribution in [3.63, 3.8) is 0 Å². The molecule has 4 rings (SSSR count). The summed E-state index contributed by atoms with van der Waals surface area (Å²) in [6.45, 7) is 3.70. The minimum Gasteiger partial charge on any atom is -0.492 e. The van der Waals surface area contributed by atoms with Crippen LogP contribution < -0.4 is 10.1 Å². The lowest BCUT2D eigenvalue weighted by Gasteiger charge is -2.18. The molecule has 0 radical (unpaired) electrons. The molecule has 0 atom stereocenters. The van der Waals surface area contributed by atoms with Gasteiger partial charge in [0.2, 0.25) is 0 Å². The standard InChI is InChI=1S/C23H24BrFN4O2/c1-28-22(20(24)15-26-28)19-14-18(27-23(30)16-5-4-6-17(25)13-16)7-8-21(19)31-12-11-29-9-2-3-10-29/h4-8,13-15H,2-3,9-12H2,1H3,(H,27,30). The topological polar surface area (TPSA) is 59.4 Å². The molecular weight excluding hydrogens is 463 g/mol. The molecule has 2 aromatic carbocycles. The van der Waals surface area contributed by atoms with Crippen LogP contribution in [0.25, 0.3) is 11.3 Å². The lowest BCUT2D eigenvalue weighted by molar-refractivity contribution is 0.102. The number of ether oxygens (including phenoxy) is 1. The fraction of sp³-hybridized carbons (Fsp3) is 0.304. The van der Waals surface area contributed by atoms with Gasteiger partial charge in [-0.1, -0.05) is 6.07 Å². The van der Waals surface area contributed by atoms with Gasteiger partial charge in [-0.25, -0.2) is 4.39 Å². The van der Waals surface area contributed by atoms with Gasteiger partial charge in [-0.05, 0) is 78.3 Å². The Kier molecular flexibility index (Phi) is 6.67. The number of amides is 1. The van der Waals surface area contributed by atoms with Crippen LogP contribution in [-0.4, -0.2) is 46.8 Å². The molecule has 1 aromatic heterocycles. The minimum atomic E-state index is -0.450. The Morgan fingerprint density at radius 2 is 2.03 bits per heavy atom. The van der Waals surface area contributed by atoms with Crippen LogP contribution in [0.4, 0.5) is 10.1 Å². The van der Waals surface area contributed by atoms with E-state index in [4.69, 9.17) is 4.74 Å². The van der Waals surface area contributed by atoms with E-state index in [-0.39, 0.29) is 11.5 Å². The van der Waals surface area contributed by atoms with Crippen LogP contribution in [0, 0.1) is 5.82 Å². The second-order valence-corrected chi connectivity index (χ2v) is 8.39. The predicted octanol–water partition coefficient (Wildman–Crippen LogP) is 4.72. The van der Waals surface area contributed by atoms with Crippen molar-refractivity contribution < 1.29 is 13.9 Å². The lowest BCUT2D eigenvalue weighted by atomic mass is 10.1. The Bertz CT molecular complexity index is 1060. The number of benzene rings is 2. The number of hydrogen-bond acceptors (Lipinski definition) is 4. The number of halogens is 2. The van der Waals surface area contributed by atoms with Gasteiger partial charge in [0, 0.05) is 30.4 Å². The number of nitrogens with one attached hydrogen (secondary N) is 1. The van der Waals surface area contributed by atoms with E-state index in [0.29, 0.717) is 18.0 Å². The molecular formula is C23H24BrFN4O2. The first-order valence-electron chi connectivity index (χ1n) is 10.3. The molecule has 2 heterocycles. The first-order chi connectivity index (χ1) is 15.0. The van der Waals surface area contributed by atoms with Crippen molar-refractivity contribution in [1.29, 1.82) is 0 Å². The van der Waals surface area contributed by atoms with Gasteiger partial charge >= 0.3 is 0 Å². The summed E-state index contributed by atoms with van der Waals surface area (Å²) in [4.78, 5) is 15.0. The molecule has 1 N–H and O–H groups in total. The summed E-state index contributed by atoms with van der Waals surface area (Å²) >= 11 is 3.55. The number of rotatable bonds is 7. The van der Waals surface area contributed by atoms with E-state index in [2.05, 4.69) is 31.2 Å². The summed E-state index contributed by atoms with van der Waals surface area (Å²) in [7, 11) is 1.85. The van der Waals surface area contributed by atoms with Crippen molar-refractivity contribution in [2.75, 3.05) is 31.6 Å². The number of nitrogens with zero attached hydrogens (tertiary/aromatic N) is 3. The molecule has 0 bridgehead atoms. The number of carbonyl (C=O) groups excluding carboxylic acids is 1. The zero-order chi connectivity index (χ0) is 21.8.